The molecule has 2 aliphatic rings. The van der Waals surface area contributed by atoms with Crippen LogP contribution in [0, 0.1) is 5.82 Å². The van der Waals surface area contributed by atoms with E-state index in [0.717, 1.165) is 5.56 Å². The number of fused-ring (bicyclic) bond motifs is 2. The molecule has 8 heteroatoms. The Kier molecular flexibility index (Phi) is 4.91. The SMILES string of the molecule is O=C(O)N1CC2CN(Cc3ccc(F)cc3)CC(C1)N2C(=O)CCl. The number of hydrogen-bond donors (Lipinski definition) is 1. The smallest absolute Gasteiger partial charge is 0.407 e. The molecule has 0 aliphatic carbocycles. The monoisotopic (exact) mass is 355 g/mol. The molecule has 2 saturated heterocycles. The Bertz CT molecular complexity index is 611. The van der Waals surface area contributed by atoms with Gasteiger partial charge in [0.2, 0.25) is 5.91 Å². The van der Waals surface area contributed by atoms with Gasteiger partial charge >= 0.3 is 6.09 Å². The van der Waals surface area contributed by atoms with E-state index in [4.69, 9.17) is 11.6 Å². The standard InChI is InChI=1S/C16H19ClFN3O3/c17-5-15(22)21-13-7-19(6-11-1-3-12(18)4-2-11)8-14(21)10-20(9-13)16(23)24/h1-4,13-14H,5-10H2,(H,23,24). The lowest BCUT2D eigenvalue weighted by molar-refractivity contribution is -0.142. The molecule has 1 aromatic rings. The summed E-state index contributed by atoms with van der Waals surface area (Å²) in [6.45, 7) is 2.35. The fourth-order valence-corrected chi connectivity index (χ4v) is 3.77. The number of nitrogens with zero attached hydrogens (tertiary/aromatic N) is 3. The fourth-order valence-electron chi connectivity index (χ4n) is 3.63. The molecule has 2 amide bonds. The lowest BCUT2D eigenvalue weighted by atomic mass is 9.99. The van der Waals surface area contributed by atoms with Crippen molar-refractivity contribution in [2.24, 2.45) is 0 Å². The summed E-state index contributed by atoms with van der Waals surface area (Å²) in [7, 11) is 0. The third kappa shape index (κ3) is 3.47. The molecule has 1 N–H and O–H groups in total. The molecule has 6 nitrogen and oxygen atoms in total. The zero-order valence-corrected chi connectivity index (χ0v) is 13.8. The number of amides is 2. The first kappa shape index (κ1) is 17.0. The zero-order valence-electron chi connectivity index (χ0n) is 13.1. The Hall–Kier alpha value is -1.86. The van der Waals surface area contributed by atoms with Crippen LogP contribution in [0.5, 0.6) is 0 Å². The van der Waals surface area contributed by atoms with Gasteiger partial charge in [0.05, 0.1) is 12.1 Å². The summed E-state index contributed by atoms with van der Waals surface area (Å²) in [4.78, 5) is 28.7. The fraction of sp³-hybridized carbons (Fsp3) is 0.500. The van der Waals surface area contributed by atoms with Gasteiger partial charge in [-0.2, -0.15) is 0 Å². The van der Waals surface area contributed by atoms with E-state index in [9.17, 15) is 19.1 Å². The van der Waals surface area contributed by atoms with Gasteiger partial charge in [-0.3, -0.25) is 9.69 Å². The predicted octanol–water partition coefficient (Wildman–Crippen LogP) is 1.44. The van der Waals surface area contributed by atoms with Crippen LogP contribution in [0.1, 0.15) is 5.56 Å². The highest BCUT2D eigenvalue weighted by molar-refractivity contribution is 6.27. The molecule has 2 heterocycles. The highest BCUT2D eigenvalue weighted by Crippen LogP contribution is 2.25. The molecule has 24 heavy (non-hydrogen) atoms. The van der Waals surface area contributed by atoms with Crippen molar-refractivity contribution in [1.29, 1.82) is 0 Å². The Labute approximate surface area is 144 Å². The van der Waals surface area contributed by atoms with E-state index in [1.807, 2.05) is 0 Å². The number of hydrogen-bond acceptors (Lipinski definition) is 3. The van der Waals surface area contributed by atoms with Gasteiger partial charge in [0.15, 0.2) is 0 Å². The molecule has 0 radical (unpaired) electrons. The summed E-state index contributed by atoms with van der Waals surface area (Å²) < 4.78 is 13.0. The minimum absolute atomic E-state index is 0.0992. The molecule has 2 aliphatic heterocycles. The van der Waals surface area contributed by atoms with Crippen LogP contribution in [-0.4, -0.2) is 75.9 Å². The van der Waals surface area contributed by atoms with Gasteiger partial charge in [-0.05, 0) is 17.7 Å². The van der Waals surface area contributed by atoms with E-state index in [1.54, 1.807) is 17.0 Å². The van der Waals surface area contributed by atoms with Crippen LogP contribution in [0.15, 0.2) is 24.3 Å². The van der Waals surface area contributed by atoms with Crippen LogP contribution in [0.2, 0.25) is 0 Å². The minimum atomic E-state index is -0.963. The van der Waals surface area contributed by atoms with Crippen molar-refractivity contribution < 1.29 is 19.1 Å². The van der Waals surface area contributed by atoms with Crippen LogP contribution in [0.4, 0.5) is 9.18 Å². The molecule has 2 atom stereocenters. The van der Waals surface area contributed by atoms with Crippen molar-refractivity contribution >= 4 is 23.6 Å². The normalized spacial score (nSPS) is 24.1. The van der Waals surface area contributed by atoms with E-state index in [-0.39, 0.29) is 42.8 Å². The van der Waals surface area contributed by atoms with Crippen LogP contribution in [0.3, 0.4) is 0 Å². The highest BCUT2D eigenvalue weighted by atomic mass is 35.5. The molecule has 0 aromatic heterocycles. The topological polar surface area (TPSA) is 64.1 Å². The van der Waals surface area contributed by atoms with Crippen molar-refractivity contribution in [3.8, 4) is 0 Å². The van der Waals surface area contributed by atoms with Crippen LogP contribution < -0.4 is 0 Å². The van der Waals surface area contributed by atoms with Crippen LogP contribution in [0.25, 0.3) is 0 Å². The van der Waals surface area contributed by atoms with Crippen LogP contribution in [-0.2, 0) is 11.3 Å². The molecular weight excluding hydrogens is 337 g/mol. The largest absolute Gasteiger partial charge is 0.465 e. The third-order valence-corrected chi connectivity index (χ3v) is 4.81. The van der Waals surface area contributed by atoms with Gasteiger partial charge in [-0.15, -0.1) is 11.6 Å². The first-order chi connectivity index (χ1) is 11.5. The second kappa shape index (κ2) is 6.94. The summed E-state index contributed by atoms with van der Waals surface area (Å²) in [6.07, 6.45) is -0.963. The Morgan fingerprint density at radius 3 is 2.21 bits per heavy atom. The Morgan fingerprint density at radius 2 is 1.71 bits per heavy atom. The maximum absolute atomic E-state index is 13.0. The van der Waals surface area contributed by atoms with Crippen molar-refractivity contribution in [3.05, 3.63) is 35.6 Å². The molecule has 2 unspecified atom stereocenters. The zero-order chi connectivity index (χ0) is 17.3. The average Bonchev–Trinajstić information content (AvgIpc) is 2.55. The van der Waals surface area contributed by atoms with Gasteiger partial charge in [-0.25, -0.2) is 9.18 Å². The number of carbonyl (C=O) groups is 2. The molecule has 130 valence electrons. The molecule has 3 rings (SSSR count). The van der Waals surface area contributed by atoms with Gasteiger partial charge < -0.3 is 14.9 Å². The van der Waals surface area contributed by atoms with E-state index >= 15 is 0 Å². The van der Waals surface area contributed by atoms with Gasteiger partial charge in [0.25, 0.3) is 0 Å². The molecule has 2 bridgehead atoms. The van der Waals surface area contributed by atoms with Crippen molar-refractivity contribution in [2.45, 2.75) is 18.6 Å². The van der Waals surface area contributed by atoms with E-state index in [1.165, 1.54) is 17.0 Å². The third-order valence-electron chi connectivity index (χ3n) is 4.58. The number of rotatable bonds is 3. The number of alkyl halides is 1. The van der Waals surface area contributed by atoms with Gasteiger partial charge in [0, 0.05) is 32.7 Å². The van der Waals surface area contributed by atoms with Crippen molar-refractivity contribution in [2.75, 3.05) is 32.1 Å². The molecule has 0 spiro atoms. The second-order valence-electron chi connectivity index (χ2n) is 6.25. The molecule has 1 aromatic carbocycles. The number of benzene rings is 1. The summed E-state index contributed by atoms with van der Waals surface area (Å²) in [5, 5.41) is 9.25. The Morgan fingerprint density at radius 1 is 1.12 bits per heavy atom. The first-order valence-corrected chi connectivity index (χ1v) is 8.33. The van der Waals surface area contributed by atoms with Crippen molar-refractivity contribution in [3.63, 3.8) is 0 Å². The number of carbonyl (C=O) groups excluding carboxylic acids is 1. The minimum Gasteiger partial charge on any atom is -0.465 e. The van der Waals surface area contributed by atoms with E-state index in [0.29, 0.717) is 19.6 Å². The number of piperazine rings is 2. The summed E-state index contributed by atoms with van der Waals surface area (Å²) in [5.74, 6) is -0.527. The van der Waals surface area contributed by atoms with E-state index < -0.39 is 6.09 Å². The average molecular weight is 356 g/mol. The Balaban J connectivity index is 1.73. The summed E-state index contributed by atoms with van der Waals surface area (Å²) in [5.41, 5.74) is 0.988. The quantitative estimate of drug-likeness (QED) is 0.833. The lowest BCUT2D eigenvalue weighted by Crippen LogP contribution is -2.70. The second-order valence-corrected chi connectivity index (χ2v) is 6.52. The number of carboxylic acid groups (broad SMARTS) is 1. The van der Waals surface area contributed by atoms with Gasteiger partial charge in [0.1, 0.15) is 11.7 Å². The van der Waals surface area contributed by atoms with Gasteiger partial charge in [-0.1, -0.05) is 12.1 Å². The van der Waals surface area contributed by atoms with Crippen LogP contribution >= 0.6 is 11.6 Å². The summed E-state index contributed by atoms with van der Waals surface area (Å²) in [6, 6.07) is 5.92. The maximum atomic E-state index is 13.0. The molecule has 2 fully saturated rings. The van der Waals surface area contributed by atoms with Crippen molar-refractivity contribution in [1.82, 2.24) is 14.7 Å². The molecule has 0 saturated carbocycles. The number of halogens is 2. The maximum Gasteiger partial charge on any atom is 0.407 e. The van der Waals surface area contributed by atoms with E-state index in [2.05, 4.69) is 4.90 Å². The predicted molar refractivity (Wildman–Crippen MR) is 86.4 cm³/mol. The lowest BCUT2D eigenvalue weighted by Gasteiger charge is -2.52. The summed E-state index contributed by atoms with van der Waals surface area (Å²) >= 11 is 5.71. The molecular formula is C16H19ClFN3O3. The highest BCUT2D eigenvalue weighted by Gasteiger charge is 2.43. The first-order valence-electron chi connectivity index (χ1n) is 7.79.